The van der Waals surface area contributed by atoms with Gasteiger partial charge in [0.25, 0.3) is 11.0 Å². The number of H-pyrrole nitrogens is 2. The number of rotatable bonds is 1. The molecule has 0 radical (unpaired) electrons. The van der Waals surface area contributed by atoms with E-state index in [1.165, 1.54) is 4.85 Å². The van der Waals surface area contributed by atoms with E-state index in [-0.39, 0.29) is 0 Å². The molecule has 0 aliphatic rings. The lowest BCUT2D eigenvalue weighted by Gasteiger charge is -1.88. The van der Waals surface area contributed by atoms with Crippen molar-refractivity contribution in [2.45, 2.75) is 0 Å². The standard InChI is InChI=1S/C7H6N6O/c1-14-13-7-3-5-4(8-11-9-5)2-6(7)10-12-13/h2-3H,1H3,(H,8,9,11,12)/p+1. The Balaban J connectivity index is 2.47. The maximum atomic E-state index is 5.03. The first kappa shape index (κ1) is 7.25. The summed E-state index contributed by atoms with van der Waals surface area (Å²) < 4.78 is 0. The summed E-state index contributed by atoms with van der Waals surface area (Å²) in [4.78, 5) is 6.49. The lowest BCUT2D eigenvalue weighted by molar-refractivity contribution is -0.911. The Morgan fingerprint density at radius 2 is 2.29 bits per heavy atom. The van der Waals surface area contributed by atoms with Crippen molar-refractivity contribution in [3.05, 3.63) is 12.1 Å². The van der Waals surface area contributed by atoms with E-state index in [1.807, 2.05) is 12.1 Å². The van der Waals surface area contributed by atoms with Crippen molar-refractivity contribution in [3.8, 4) is 0 Å². The molecule has 0 saturated carbocycles. The molecule has 7 heteroatoms. The van der Waals surface area contributed by atoms with E-state index in [0.717, 1.165) is 22.1 Å². The zero-order valence-electron chi connectivity index (χ0n) is 7.35. The van der Waals surface area contributed by atoms with Gasteiger partial charge in [-0.15, -0.1) is 5.10 Å². The van der Waals surface area contributed by atoms with E-state index >= 15 is 0 Å². The van der Waals surface area contributed by atoms with Crippen LogP contribution in [0.2, 0.25) is 0 Å². The molecular formula is C7H7N6O+. The van der Waals surface area contributed by atoms with Crippen LogP contribution in [-0.4, -0.2) is 32.8 Å². The van der Waals surface area contributed by atoms with Gasteiger partial charge in [0.05, 0.1) is 5.52 Å². The van der Waals surface area contributed by atoms with Crippen LogP contribution >= 0.6 is 0 Å². The molecule has 3 rings (SSSR count). The normalized spacial score (nSPS) is 11.2. The molecule has 0 atom stereocenters. The molecule has 0 bridgehead atoms. The van der Waals surface area contributed by atoms with Crippen molar-refractivity contribution in [2.24, 2.45) is 0 Å². The molecule has 0 amide bonds. The number of hydrogen-bond donors (Lipinski definition) is 2. The molecule has 7 nitrogen and oxygen atoms in total. The summed E-state index contributed by atoms with van der Waals surface area (Å²) in [5.74, 6) is 0. The van der Waals surface area contributed by atoms with Crippen LogP contribution in [0, 0.1) is 0 Å². The van der Waals surface area contributed by atoms with Gasteiger partial charge in [-0.25, -0.2) is 0 Å². The van der Waals surface area contributed by atoms with Crippen LogP contribution in [0.15, 0.2) is 12.1 Å². The van der Waals surface area contributed by atoms with Crippen LogP contribution in [0.1, 0.15) is 0 Å². The number of nitrogens with one attached hydrogen (secondary N) is 2. The number of aromatic nitrogens is 6. The minimum absolute atomic E-state index is 0.782. The third kappa shape index (κ3) is 0.804. The van der Waals surface area contributed by atoms with Gasteiger partial charge >= 0.3 is 0 Å². The Hall–Kier alpha value is -2.18. The second kappa shape index (κ2) is 2.41. The van der Waals surface area contributed by atoms with Gasteiger partial charge in [-0.05, 0) is 5.21 Å². The van der Waals surface area contributed by atoms with Crippen LogP contribution in [-0.2, 0) is 0 Å². The third-order valence-electron chi connectivity index (χ3n) is 2.08. The van der Waals surface area contributed by atoms with Gasteiger partial charge in [-0.3, -0.25) is 5.10 Å². The van der Waals surface area contributed by atoms with Crippen LogP contribution in [0.25, 0.3) is 22.1 Å². The van der Waals surface area contributed by atoms with E-state index in [4.69, 9.17) is 4.84 Å². The SMILES string of the molecule is CO[n+]1[nH]nc2cc3[nH]nnc3cc21. The predicted molar refractivity (Wildman–Crippen MR) is 46.2 cm³/mol. The highest BCUT2D eigenvalue weighted by Crippen LogP contribution is 2.13. The van der Waals surface area contributed by atoms with E-state index in [2.05, 4.69) is 25.7 Å². The summed E-state index contributed by atoms with van der Waals surface area (Å²) in [5.41, 5.74) is 3.26. The van der Waals surface area contributed by atoms with Crippen LogP contribution < -0.4 is 9.68 Å². The molecule has 1 aromatic carbocycles. The monoisotopic (exact) mass is 191 g/mol. The smallest absolute Gasteiger partial charge is 0.255 e. The fourth-order valence-electron chi connectivity index (χ4n) is 1.42. The van der Waals surface area contributed by atoms with Crippen LogP contribution in [0.4, 0.5) is 0 Å². The fraction of sp³-hybridized carbons (Fsp3) is 0.143. The molecule has 2 aromatic heterocycles. The van der Waals surface area contributed by atoms with Gasteiger partial charge in [0.2, 0.25) is 0 Å². The molecule has 0 aliphatic carbocycles. The minimum Gasteiger partial charge on any atom is -0.320 e. The molecule has 2 N–H and O–H groups in total. The number of nitrogens with zero attached hydrogens (tertiary/aromatic N) is 4. The first-order chi connectivity index (χ1) is 6.88. The van der Waals surface area contributed by atoms with Gasteiger partial charge in [-0.1, -0.05) is 5.21 Å². The first-order valence-electron chi connectivity index (χ1n) is 4.04. The van der Waals surface area contributed by atoms with Gasteiger partial charge in [0.1, 0.15) is 12.6 Å². The lowest BCUT2D eigenvalue weighted by atomic mass is 10.3. The quantitative estimate of drug-likeness (QED) is 0.492. The molecule has 70 valence electrons. The Morgan fingerprint density at radius 3 is 3.14 bits per heavy atom. The highest BCUT2D eigenvalue weighted by Gasteiger charge is 2.15. The second-order valence-electron chi connectivity index (χ2n) is 2.86. The van der Waals surface area contributed by atoms with Gasteiger partial charge in [0, 0.05) is 22.1 Å². The van der Waals surface area contributed by atoms with Crippen molar-refractivity contribution >= 4 is 22.1 Å². The van der Waals surface area contributed by atoms with Crippen molar-refractivity contribution in [1.29, 1.82) is 0 Å². The molecule has 14 heavy (non-hydrogen) atoms. The fourth-order valence-corrected chi connectivity index (χ4v) is 1.42. The van der Waals surface area contributed by atoms with E-state index in [1.54, 1.807) is 7.11 Å². The molecule has 2 heterocycles. The Labute approximate surface area is 77.6 Å². The van der Waals surface area contributed by atoms with Crippen molar-refractivity contribution in [2.75, 3.05) is 7.11 Å². The summed E-state index contributed by atoms with van der Waals surface area (Å²) in [7, 11) is 1.56. The Morgan fingerprint density at radius 1 is 1.36 bits per heavy atom. The highest BCUT2D eigenvalue weighted by molar-refractivity contribution is 5.88. The van der Waals surface area contributed by atoms with Crippen molar-refractivity contribution in [3.63, 3.8) is 0 Å². The molecule has 0 unspecified atom stereocenters. The largest absolute Gasteiger partial charge is 0.320 e. The number of aromatic amines is 2. The van der Waals surface area contributed by atoms with Crippen LogP contribution in [0.3, 0.4) is 0 Å². The number of hydrogen-bond acceptors (Lipinski definition) is 4. The Bertz CT molecular complexity index is 596. The summed E-state index contributed by atoms with van der Waals surface area (Å²) in [6.07, 6.45) is 0. The number of fused-ring (bicyclic) bond motifs is 2. The predicted octanol–water partition coefficient (Wildman–Crippen LogP) is -0.820. The average molecular weight is 191 g/mol. The maximum absolute atomic E-state index is 5.03. The summed E-state index contributed by atoms with van der Waals surface area (Å²) in [6.45, 7) is 0. The lowest BCUT2D eigenvalue weighted by Crippen LogP contribution is -2.42. The second-order valence-corrected chi connectivity index (χ2v) is 2.86. The molecule has 3 aromatic rings. The summed E-state index contributed by atoms with van der Waals surface area (Å²) in [6, 6.07) is 3.71. The molecule has 0 saturated heterocycles. The average Bonchev–Trinajstić information content (AvgIpc) is 2.78. The molecule has 0 fully saturated rings. The highest BCUT2D eigenvalue weighted by atomic mass is 16.7. The third-order valence-corrected chi connectivity index (χ3v) is 2.08. The number of benzene rings is 1. The minimum atomic E-state index is 0.782. The maximum Gasteiger partial charge on any atom is 0.255 e. The topological polar surface area (TPSA) is 83.4 Å². The van der Waals surface area contributed by atoms with Gasteiger partial charge < -0.3 is 4.84 Å². The summed E-state index contributed by atoms with van der Waals surface area (Å²) >= 11 is 0. The van der Waals surface area contributed by atoms with Crippen LogP contribution in [0.5, 0.6) is 0 Å². The molecular weight excluding hydrogens is 184 g/mol. The van der Waals surface area contributed by atoms with Gasteiger partial charge in [0.15, 0.2) is 0 Å². The van der Waals surface area contributed by atoms with Gasteiger partial charge in [-0.2, -0.15) is 0 Å². The van der Waals surface area contributed by atoms with Crippen molar-refractivity contribution in [1.82, 2.24) is 25.7 Å². The van der Waals surface area contributed by atoms with Crippen molar-refractivity contribution < 1.29 is 9.68 Å². The first-order valence-corrected chi connectivity index (χ1v) is 4.04. The Kier molecular flexibility index (Phi) is 1.25. The van der Waals surface area contributed by atoms with E-state index < -0.39 is 0 Å². The van der Waals surface area contributed by atoms with E-state index in [0.29, 0.717) is 0 Å². The zero-order chi connectivity index (χ0) is 9.54. The summed E-state index contributed by atoms with van der Waals surface area (Å²) in [5, 5.41) is 17.1. The molecule has 0 spiro atoms. The van der Waals surface area contributed by atoms with E-state index in [9.17, 15) is 0 Å². The molecule has 0 aliphatic heterocycles. The zero-order valence-corrected chi connectivity index (χ0v) is 7.35.